The van der Waals surface area contributed by atoms with Gasteiger partial charge in [0, 0.05) is 6.04 Å². The van der Waals surface area contributed by atoms with Crippen molar-refractivity contribution in [1.82, 2.24) is 5.43 Å². The fraction of sp³-hybridized carbons (Fsp3) is 0.500. The Balaban J connectivity index is 2.12. The van der Waals surface area contributed by atoms with Crippen LogP contribution in [0.1, 0.15) is 54.8 Å². The van der Waals surface area contributed by atoms with Crippen molar-refractivity contribution in [3.63, 3.8) is 0 Å². The molecule has 18 heavy (non-hydrogen) atoms. The van der Waals surface area contributed by atoms with Crippen molar-refractivity contribution in [3.05, 3.63) is 46.5 Å². The summed E-state index contributed by atoms with van der Waals surface area (Å²) in [6.45, 7) is 4.31. The molecule has 1 atom stereocenters. The molecule has 1 aliphatic carbocycles. The Morgan fingerprint density at radius 1 is 1.22 bits per heavy atom. The first-order valence-electron chi connectivity index (χ1n) is 6.92. The lowest BCUT2D eigenvalue weighted by Gasteiger charge is -2.21. The number of hydrazine groups is 1. The van der Waals surface area contributed by atoms with Crippen molar-refractivity contribution in [3.8, 4) is 0 Å². The lowest BCUT2D eigenvalue weighted by molar-refractivity contribution is 0.528. The van der Waals surface area contributed by atoms with Crippen LogP contribution in [0.4, 0.5) is 0 Å². The van der Waals surface area contributed by atoms with E-state index in [0.29, 0.717) is 0 Å². The molecule has 0 radical (unpaired) electrons. The van der Waals surface area contributed by atoms with E-state index in [0.717, 1.165) is 6.42 Å². The molecule has 1 aliphatic rings. The van der Waals surface area contributed by atoms with Crippen LogP contribution in [0.5, 0.6) is 0 Å². The van der Waals surface area contributed by atoms with Crippen LogP contribution in [0, 0.1) is 13.8 Å². The van der Waals surface area contributed by atoms with E-state index >= 15 is 0 Å². The van der Waals surface area contributed by atoms with Gasteiger partial charge in [-0.1, -0.05) is 29.8 Å². The summed E-state index contributed by atoms with van der Waals surface area (Å²) < 4.78 is 0. The molecule has 0 aromatic heterocycles. The van der Waals surface area contributed by atoms with Gasteiger partial charge < -0.3 is 0 Å². The maximum absolute atomic E-state index is 5.73. The van der Waals surface area contributed by atoms with E-state index in [-0.39, 0.29) is 6.04 Å². The molecule has 0 amide bonds. The predicted molar refractivity (Wildman–Crippen MR) is 77.1 cm³/mol. The molecule has 0 bridgehead atoms. The number of aryl methyl sites for hydroxylation is 2. The summed E-state index contributed by atoms with van der Waals surface area (Å²) in [5.74, 6) is 5.73. The van der Waals surface area contributed by atoms with Crippen molar-refractivity contribution >= 4 is 0 Å². The summed E-state index contributed by atoms with van der Waals surface area (Å²) >= 11 is 0. The second-order valence-electron chi connectivity index (χ2n) is 5.38. The van der Waals surface area contributed by atoms with Gasteiger partial charge in [0.2, 0.25) is 0 Å². The molecule has 0 spiro atoms. The lowest BCUT2D eigenvalue weighted by atomic mass is 9.91. The Morgan fingerprint density at radius 2 is 2.06 bits per heavy atom. The molecule has 0 fully saturated rings. The molecule has 0 saturated heterocycles. The number of nitrogens with two attached hydrogens (primary N) is 1. The van der Waals surface area contributed by atoms with Gasteiger partial charge in [0.05, 0.1) is 0 Å². The maximum atomic E-state index is 5.73. The minimum Gasteiger partial charge on any atom is -0.271 e. The van der Waals surface area contributed by atoms with E-state index in [2.05, 4.69) is 43.5 Å². The molecular formula is C16H24N2. The van der Waals surface area contributed by atoms with Crippen molar-refractivity contribution < 1.29 is 0 Å². The summed E-state index contributed by atoms with van der Waals surface area (Å²) in [6, 6.07) is 6.87. The van der Waals surface area contributed by atoms with E-state index in [1.807, 2.05) is 0 Å². The number of hydrogen-bond donors (Lipinski definition) is 2. The number of benzene rings is 1. The van der Waals surface area contributed by atoms with Gasteiger partial charge in [0.1, 0.15) is 0 Å². The Kier molecular flexibility index (Phi) is 4.56. The third kappa shape index (κ3) is 3.21. The molecule has 3 N–H and O–H groups in total. The van der Waals surface area contributed by atoms with Gasteiger partial charge in [-0.2, -0.15) is 0 Å². The first-order chi connectivity index (χ1) is 8.70. The SMILES string of the molecule is Cc1ccc(C(CC2=CCCCC2)NN)cc1C. The summed E-state index contributed by atoms with van der Waals surface area (Å²) in [6.07, 6.45) is 8.58. The largest absolute Gasteiger partial charge is 0.271 e. The average molecular weight is 244 g/mol. The van der Waals surface area contributed by atoms with Gasteiger partial charge in [-0.05, 0) is 62.6 Å². The Morgan fingerprint density at radius 3 is 2.67 bits per heavy atom. The highest BCUT2D eigenvalue weighted by atomic mass is 15.2. The standard InChI is InChI=1S/C16H24N2/c1-12-8-9-15(10-13(12)2)16(18-17)11-14-6-4-3-5-7-14/h6,8-10,16,18H,3-5,7,11,17H2,1-2H3. The molecule has 0 heterocycles. The fourth-order valence-corrected chi connectivity index (χ4v) is 2.61. The van der Waals surface area contributed by atoms with Crippen LogP contribution in [0.3, 0.4) is 0 Å². The van der Waals surface area contributed by atoms with Gasteiger partial charge in [0.15, 0.2) is 0 Å². The van der Waals surface area contributed by atoms with Gasteiger partial charge >= 0.3 is 0 Å². The summed E-state index contributed by atoms with van der Waals surface area (Å²) in [5, 5.41) is 0. The first-order valence-corrected chi connectivity index (χ1v) is 6.92. The topological polar surface area (TPSA) is 38.0 Å². The van der Waals surface area contributed by atoms with Crippen molar-refractivity contribution in [2.45, 2.75) is 52.0 Å². The Hall–Kier alpha value is -1.12. The zero-order chi connectivity index (χ0) is 13.0. The van der Waals surface area contributed by atoms with E-state index in [1.54, 1.807) is 5.57 Å². The zero-order valence-corrected chi connectivity index (χ0v) is 11.5. The minimum absolute atomic E-state index is 0.244. The number of rotatable bonds is 4. The molecule has 2 rings (SSSR count). The van der Waals surface area contributed by atoms with Crippen molar-refractivity contribution in [2.24, 2.45) is 5.84 Å². The quantitative estimate of drug-likeness (QED) is 0.481. The summed E-state index contributed by atoms with van der Waals surface area (Å²) in [5.41, 5.74) is 8.51. The third-order valence-corrected chi connectivity index (χ3v) is 3.99. The molecule has 98 valence electrons. The lowest BCUT2D eigenvalue weighted by Crippen LogP contribution is -2.28. The second-order valence-corrected chi connectivity index (χ2v) is 5.38. The van der Waals surface area contributed by atoms with Gasteiger partial charge in [0.25, 0.3) is 0 Å². The van der Waals surface area contributed by atoms with Gasteiger partial charge in [-0.3, -0.25) is 11.3 Å². The van der Waals surface area contributed by atoms with Gasteiger partial charge in [-0.15, -0.1) is 0 Å². The molecule has 1 unspecified atom stereocenters. The van der Waals surface area contributed by atoms with Crippen LogP contribution >= 0.6 is 0 Å². The number of hydrogen-bond acceptors (Lipinski definition) is 2. The smallest absolute Gasteiger partial charge is 0.0497 e. The van der Waals surface area contributed by atoms with E-state index in [4.69, 9.17) is 5.84 Å². The second kappa shape index (κ2) is 6.17. The van der Waals surface area contributed by atoms with E-state index < -0.39 is 0 Å². The molecule has 1 aromatic carbocycles. The molecule has 0 saturated carbocycles. The van der Waals surface area contributed by atoms with Crippen LogP contribution in [-0.4, -0.2) is 0 Å². The van der Waals surface area contributed by atoms with Gasteiger partial charge in [-0.25, -0.2) is 0 Å². The predicted octanol–water partition coefficient (Wildman–Crippen LogP) is 3.70. The molecule has 0 aliphatic heterocycles. The Labute approximate surface area is 110 Å². The minimum atomic E-state index is 0.244. The van der Waals surface area contributed by atoms with Crippen molar-refractivity contribution in [1.29, 1.82) is 0 Å². The first kappa shape index (κ1) is 13.3. The van der Waals surface area contributed by atoms with E-state index in [9.17, 15) is 0 Å². The number of nitrogens with one attached hydrogen (secondary N) is 1. The monoisotopic (exact) mass is 244 g/mol. The van der Waals surface area contributed by atoms with Crippen LogP contribution < -0.4 is 11.3 Å². The normalized spacial score (nSPS) is 17.4. The maximum Gasteiger partial charge on any atom is 0.0497 e. The highest BCUT2D eigenvalue weighted by Gasteiger charge is 2.14. The van der Waals surface area contributed by atoms with Crippen LogP contribution in [0.15, 0.2) is 29.8 Å². The molecular weight excluding hydrogens is 220 g/mol. The zero-order valence-electron chi connectivity index (χ0n) is 11.5. The van der Waals surface area contributed by atoms with E-state index in [1.165, 1.54) is 42.4 Å². The third-order valence-electron chi connectivity index (χ3n) is 3.99. The van der Waals surface area contributed by atoms with Crippen LogP contribution in [0.2, 0.25) is 0 Å². The highest BCUT2D eigenvalue weighted by Crippen LogP contribution is 2.28. The summed E-state index contributed by atoms with van der Waals surface area (Å²) in [7, 11) is 0. The molecule has 1 aromatic rings. The van der Waals surface area contributed by atoms with Crippen molar-refractivity contribution in [2.75, 3.05) is 0 Å². The Bertz CT molecular complexity index is 435. The fourth-order valence-electron chi connectivity index (χ4n) is 2.61. The highest BCUT2D eigenvalue weighted by molar-refractivity contribution is 5.32. The molecule has 2 heteroatoms. The molecule has 2 nitrogen and oxygen atoms in total. The summed E-state index contributed by atoms with van der Waals surface area (Å²) in [4.78, 5) is 0. The average Bonchev–Trinajstić information content (AvgIpc) is 2.40. The van der Waals surface area contributed by atoms with Crippen LogP contribution in [0.25, 0.3) is 0 Å². The number of allylic oxidation sites excluding steroid dienone is 1. The van der Waals surface area contributed by atoms with Crippen LogP contribution in [-0.2, 0) is 0 Å².